The summed E-state index contributed by atoms with van der Waals surface area (Å²) in [4.78, 5) is 1.34. The second-order valence-electron chi connectivity index (χ2n) is 4.83. The summed E-state index contributed by atoms with van der Waals surface area (Å²) < 4.78 is 5.24. The topological polar surface area (TPSA) is 9.23 Å². The van der Waals surface area contributed by atoms with Gasteiger partial charge in [-0.1, -0.05) is 50.1 Å². The van der Waals surface area contributed by atoms with Crippen LogP contribution in [0, 0.1) is 0 Å². The molecule has 106 valence electrons. The summed E-state index contributed by atoms with van der Waals surface area (Å²) in [7, 11) is 1.71. The highest BCUT2D eigenvalue weighted by Gasteiger charge is 2.12. The van der Waals surface area contributed by atoms with Crippen LogP contribution in [-0.2, 0) is 0 Å². The first kappa shape index (κ1) is 15.0. The van der Waals surface area contributed by atoms with E-state index in [1.807, 2.05) is 11.8 Å². The molecule has 2 aromatic rings. The van der Waals surface area contributed by atoms with Gasteiger partial charge in [0.25, 0.3) is 0 Å². The van der Waals surface area contributed by atoms with E-state index in [-0.39, 0.29) is 0 Å². The Morgan fingerprint density at radius 3 is 2.30 bits per heavy atom. The first-order valence-corrected chi connectivity index (χ1v) is 8.07. The quantitative estimate of drug-likeness (QED) is 0.602. The largest absolute Gasteiger partial charge is 0.497 e. The van der Waals surface area contributed by atoms with Crippen LogP contribution >= 0.6 is 11.8 Å². The SMILES string of the molecule is CCCC[C@@H](Sc1ccccc1)c1ccc(OC)cc1. The van der Waals surface area contributed by atoms with Crippen molar-refractivity contribution in [3.05, 3.63) is 60.2 Å². The molecule has 0 aliphatic carbocycles. The van der Waals surface area contributed by atoms with E-state index in [0.717, 1.165) is 5.75 Å². The Hall–Kier alpha value is -1.41. The molecule has 0 heterocycles. The molecular formula is C18H22OS. The Balaban J connectivity index is 2.13. The van der Waals surface area contributed by atoms with Crippen LogP contribution in [0.3, 0.4) is 0 Å². The third-order valence-corrected chi connectivity index (χ3v) is 4.67. The fraction of sp³-hybridized carbons (Fsp3) is 0.333. The van der Waals surface area contributed by atoms with Crippen molar-refractivity contribution >= 4 is 11.8 Å². The molecule has 0 N–H and O–H groups in total. The van der Waals surface area contributed by atoms with Crippen molar-refractivity contribution in [1.82, 2.24) is 0 Å². The molecule has 0 radical (unpaired) electrons. The third kappa shape index (κ3) is 4.31. The molecule has 0 aliphatic rings. The minimum Gasteiger partial charge on any atom is -0.497 e. The van der Waals surface area contributed by atoms with Gasteiger partial charge in [-0.3, -0.25) is 0 Å². The lowest BCUT2D eigenvalue weighted by atomic mass is 10.1. The minimum atomic E-state index is 0.517. The molecule has 2 aromatic carbocycles. The van der Waals surface area contributed by atoms with Gasteiger partial charge >= 0.3 is 0 Å². The van der Waals surface area contributed by atoms with Gasteiger partial charge in [0.2, 0.25) is 0 Å². The lowest BCUT2D eigenvalue weighted by Crippen LogP contribution is -1.95. The summed E-state index contributed by atoms with van der Waals surface area (Å²) in [5.74, 6) is 0.924. The summed E-state index contributed by atoms with van der Waals surface area (Å²) >= 11 is 1.95. The molecule has 0 aliphatic heterocycles. The van der Waals surface area contributed by atoms with Crippen LogP contribution in [0.2, 0.25) is 0 Å². The molecule has 0 amide bonds. The maximum Gasteiger partial charge on any atom is 0.118 e. The van der Waals surface area contributed by atoms with E-state index in [0.29, 0.717) is 5.25 Å². The van der Waals surface area contributed by atoms with E-state index in [9.17, 15) is 0 Å². The molecule has 1 nitrogen and oxygen atoms in total. The third-order valence-electron chi connectivity index (χ3n) is 3.33. The molecule has 0 bridgehead atoms. The number of ether oxygens (including phenoxy) is 1. The molecule has 2 rings (SSSR count). The smallest absolute Gasteiger partial charge is 0.118 e. The second-order valence-corrected chi connectivity index (χ2v) is 6.11. The highest BCUT2D eigenvalue weighted by Crippen LogP contribution is 2.39. The number of rotatable bonds is 7. The summed E-state index contributed by atoms with van der Waals surface area (Å²) in [5, 5.41) is 0.517. The number of unbranched alkanes of at least 4 members (excludes halogenated alkanes) is 1. The molecule has 0 unspecified atom stereocenters. The zero-order valence-corrected chi connectivity index (χ0v) is 13.0. The first-order chi connectivity index (χ1) is 9.83. The van der Waals surface area contributed by atoms with Gasteiger partial charge in [0, 0.05) is 10.1 Å². The Kier molecular flexibility index (Phi) is 6.00. The average Bonchev–Trinajstić information content (AvgIpc) is 2.52. The van der Waals surface area contributed by atoms with E-state index in [2.05, 4.69) is 61.5 Å². The molecule has 0 aromatic heterocycles. The van der Waals surface area contributed by atoms with Gasteiger partial charge in [-0.15, -0.1) is 11.8 Å². The minimum absolute atomic E-state index is 0.517. The zero-order chi connectivity index (χ0) is 14.2. The molecule has 0 saturated heterocycles. The second kappa shape index (κ2) is 8.01. The van der Waals surface area contributed by atoms with E-state index >= 15 is 0 Å². The standard InChI is InChI=1S/C18H22OS/c1-3-4-10-18(20-17-8-6-5-7-9-17)15-11-13-16(19-2)14-12-15/h5-9,11-14,18H,3-4,10H2,1-2H3/t18-/m1/s1. The van der Waals surface area contributed by atoms with Crippen molar-refractivity contribution in [3.63, 3.8) is 0 Å². The Morgan fingerprint density at radius 2 is 1.70 bits per heavy atom. The highest BCUT2D eigenvalue weighted by atomic mass is 32.2. The van der Waals surface area contributed by atoms with Crippen LogP contribution in [0.4, 0.5) is 0 Å². The lowest BCUT2D eigenvalue weighted by molar-refractivity contribution is 0.414. The molecule has 2 heteroatoms. The summed E-state index contributed by atoms with van der Waals surface area (Å²) in [6.45, 7) is 2.25. The average molecular weight is 286 g/mol. The van der Waals surface area contributed by atoms with Crippen LogP contribution in [0.15, 0.2) is 59.5 Å². The van der Waals surface area contributed by atoms with Crippen LogP contribution < -0.4 is 4.74 Å². The normalized spacial score (nSPS) is 12.1. The summed E-state index contributed by atoms with van der Waals surface area (Å²) in [6.07, 6.45) is 3.71. The predicted molar refractivity (Wildman–Crippen MR) is 87.6 cm³/mol. The van der Waals surface area contributed by atoms with Gasteiger partial charge in [0.15, 0.2) is 0 Å². The molecule has 1 atom stereocenters. The van der Waals surface area contributed by atoms with E-state index < -0.39 is 0 Å². The van der Waals surface area contributed by atoms with E-state index in [1.54, 1.807) is 7.11 Å². The molecular weight excluding hydrogens is 264 g/mol. The van der Waals surface area contributed by atoms with E-state index in [1.165, 1.54) is 29.7 Å². The molecule has 0 saturated carbocycles. The number of benzene rings is 2. The van der Waals surface area contributed by atoms with Gasteiger partial charge in [-0.25, -0.2) is 0 Å². The van der Waals surface area contributed by atoms with Crippen LogP contribution in [-0.4, -0.2) is 7.11 Å². The van der Waals surface area contributed by atoms with Crippen LogP contribution in [0.5, 0.6) is 5.75 Å². The van der Waals surface area contributed by atoms with Crippen LogP contribution in [0.1, 0.15) is 37.0 Å². The van der Waals surface area contributed by atoms with Gasteiger partial charge < -0.3 is 4.74 Å². The highest BCUT2D eigenvalue weighted by molar-refractivity contribution is 7.99. The predicted octanol–water partition coefficient (Wildman–Crippen LogP) is 5.72. The molecule has 0 spiro atoms. The van der Waals surface area contributed by atoms with Crippen LogP contribution in [0.25, 0.3) is 0 Å². The van der Waals surface area contributed by atoms with Gasteiger partial charge in [0.1, 0.15) is 5.75 Å². The van der Waals surface area contributed by atoms with Gasteiger partial charge in [-0.2, -0.15) is 0 Å². The number of thioether (sulfide) groups is 1. The van der Waals surface area contributed by atoms with E-state index in [4.69, 9.17) is 4.74 Å². The van der Waals surface area contributed by atoms with Crippen molar-refractivity contribution in [2.45, 2.75) is 36.3 Å². The zero-order valence-electron chi connectivity index (χ0n) is 12.2. The van der Waals surface area contributed by atoms with Crippen molar-refractivity contribution in [2.75, 3.05) is 7.11 Å². The fourth-order valence-electron chi connectivity index (χ4n) is 2.17. The van der Waals surface area contributed by atoms with Crippen molar-refractivity contribution in [1.29, 1.82) is 0 Å². The monoisotopic (exact) mass is 286 g/mol. The lowest BCUT2D eigenvalue weighted by Gasteiger charge is -2.17. The Labute approximate surface area is 126 Å². The fourth-order valence-corrected chi connectivity index (χ4v) is 3.39. The molecule has 20 heavy (non-hydrogen) atoms. The van der Waals surface area contributed by atoms with Crippen molar-refractivity contribution in [3.8, 4) is 5.75 Å². The number of hydrogen-bond donors (Lipinski definition) is 0. The maximum absolute atomic E-state index is 5.24. The maximum atomic E-state index is 5.24. The van der Waals surface area contributed by atoms with Crippen molar-refractivity contribution in [2.24, 2.45) is 0 Å². The Morgan fingerprint density at radius 1 is 1.00 bits per heavy atom. The molecule has 0 fully saturated rings. The van der Waals surface area contributed by atoms with Crippen molar-refractivity contribution < 1.29 is 4.74 Å². The Bertz CT molecular complexity index is 493. The number of hydrogen-bond acceptors (Lipinski definition) is 2. The van der Waals surface area contributed by atoms with Gasteiger partial charge in [-0.05, 0) is 36.2 Å². The first-order valence-electron chi connectivity index (χ1n) is 7.19. The summed E-state index contributed by atoms with van der Waals surface area (Å²) in [6, 6.07) is 19.1. The summed E-state index contributed by atoms with van der Waals surface area (Å²) in [5.41, 5.74) is 1.38. The number of methoxy groups -OCH3 is 1. The van der Waals surface area contributed by atoms with Gasteiger partial charge in [0.05, 0.1) is 7.11 Å².